The van der Waals surface area contributed by atoms with Gasteiger partial charge in [-0.25, -0.2) is 0 Å². The normalized spacial score (nSPS) is 27.8. The fourth-order valence-corrected chi connectivity index (χ4v) is 7.91. The third-order valence-corrected chi connectivity index (χ3v) is 9.92. The highest BCUT2D eigenvalue weighted by Crippen LogP contribution is 2.53. The molecule has 0 spiro atoms. The third kappa shape index (κ3) is 4.96. The molecule has 4 N–H and O–H groups in total. The number of ether oxygens (including phenoxy) is 1. The van der Waals surface area contributed by atoms with Gasteiger partial charge in [0.25, 0.3) is 0 Å². The van der Waals surface area contributed by atoms with Crippen molar-refractivity contribution in [3.63, 3.8) is 0 Å². The molecular weight excluding hydrogens is 590 g/mol. The Labute approximate surface area is 268 Å². The molecule has 246 valence electrons. The molecule has 3 aliphatic rings. The lowest BCUT2D eigenvalue weighted by Crippen LogP contribution is -2.74. The van der Waals surface area contributed by atoms with Crippen LogP contribution in [0.1, 0.15) is 54.2 Å². The van der Waals surface area contributed by atoms with Crippen LogP contribution in [0.15, 0.2) is 24.3 Å². The van der Waals surface area contributed by atoms with Crippen LogP contribution in [-0.4, -0.2) is 96.0 Å². The topological polar surface area (TPSA) is 168 Å². The number of phenols is 1. The molecule has 6 atom stereocenters. The summed E-state index contributed by atoms with van der Waals surface area (Å²) >= 11 is 0. The van der Waals surface area contributed by atoms with E-state index in [1.54, 1.807) is 21.2 Å². The molecule has 2 saturated carbocycles. The number of primary amides is 1. The van der Waals surface area contributed by atoms with Gasteiger partial charge in [-0.05, 0) is 87.3 Å². The Morgan fingerprint density at radius 2 is 1.70 bits per heavy atom. The van der Waals surface area contributed by atoms with Crippen molar-refractivity contribution in [2.75, 3.05) is 35.3 Å². The van der Waals surface area contributed by atoms with Crippen LogP contribution < -0.4 is 10.5 Å². The number of aromatic hydroxyl groups is 1. The average molecular weight is 634 g/mol. The van der Waals surface area contributed by atoms with E-state index in [1.165, 1.54) is 4.90 Å². The summed E-state index contributed by atoms with van der Waals surface area (Å²) in [7, 11) is 8.59. The number of Topliss-reactive ketones (excluding diaryl/α,β-unsaturated/α-hetero) is 4. The molecule has 0 saturated heterocycles. The Morgan fingerprint density at radius 1 is 1.04 bits per heavy atom. The summed E-state index contributed by atoms with van der Waals surface area (Å²) in [5, 5.41) is 23.6. The van der Waals surface area contributed by atoms with Gasteiger partial charge in [0.05, 0.1) is 24.6 Å². The number of hydrogen-bond donors (Lipinski definition) is 3. The highest BCUT2D eigenvalue weighted by molar-refractivity contribution is 6.32. The van der Waals surface area contributed by atoms with Gasteiger partial charge in [-0.2, -0.15) is 0 Å². The zero-order valence-electron chi connectivity index (χ0n) is 27.6. The molecule has 3 aliphatic carbocycles. The number of benzene rings is 2. The van der Waals surface area contributed by atoms with Crippen molar-refractivity contribution in [3.05, 3.63) is 46.5 Å². The van der Waals surface area contributed by atoms with Crippen LogP contribution in [0.5, 0.6) is 11.5 Å². The molecule has 2 aromatic rings. The van der Waals surface area contributed by atoms with Gasteiger partial charge in [0.1, 0.15) is 11.5 Å². The zero-order chi connectivity index (χ0) is 34.2. The van der Waals surface area contributed by atoms with Gasteiger partial charge in [-0.3, -0.25) is 28.9 Å². The number of nitrogens with zero attached hydrogens (tertiary/aromatic N) is 2. The Balaban J connectivity index is 1.75. The Bertz CT molecular complexity index is 1670. The first-order valence-electron chi connectivity index (χ1n) is 15.4. The molecule has 0 radical (unpaired) electrons. The summed E-state index contributed by atoms with van der Waals surface area (Å²) in [6.07, 6.45) is 0.128. The van der Waals surface area contributed by atoms with Crippen LogP contribution in [-0.2, 0) is 37.6 Å². The standard InChI is InChI=1S/C35H43N3O8/c1-34(2,3)22-14-18(19-11-16(15-37(4)5)9-10-23(19)46-8)20-12-17-13-21-27(38(6)7)30(41)26(33(36)44)32(43)35(21,45)31(42)24(17)29(40)25(20)28(22)39/h9-11,14,17,21,24,26-27,39,45H,12-13,15H2,1-8H3,(H2,36,44). The first kappa shape index (κ1) is 33.4. The molecule has 11 heteroatoms. The average Bonchev–Trinajstić information content (AvgIpc) is 2.93. The molecule has 5 rings (SSSR count). The van der Waals surface area contributed by atoms with Gasteiger partial charge in [0.15, 0.2) is 34.7 Å². The van der Waals surface area contributed by atoms with Gasteiger partial charge in [-0.15, -0.1) is 0 Å². The highest BCUT2D eigenvalue weighted by atomic mass is 16.5. The van der Waals surface area contributed by atoms with E-state index in [1.807, 2.05) is 64.0 Å². The lowest BCUT2D eigenvalue weighted by Gasteiger charge is -2.52. The molecule has 2 aromatic carbocycles. The molecule has 2 fully saturated rings. The van der Waals surface area contributed by atoms with Crippen molar-refractivity contribution in [2.45, 2.75) is 57.2 Å². The fraction of sp³-hybridized carbons (Fsp3) is 0.514. The van der Waals surface area contributed by atoms with Gasteiger partial charge >= 0.3 is 0 Å². The summed E-state index contributed by atoms with van der Waals surface area (Å²) in [6.45, 7) is 6.34. The maximum atomic E-state index is 14.5. The SMILES string of the molecule is COc1ccc(CN(C)C)cc1-c1cc(C(C)(C)C)c(O)c2c1CC1CC3C(N(C)C)C(=O)C(C(N)=O)C(=O)C3(O)C(=O)C1C2=O. The van der Waals surface area contributed by atoms with Gasteiger partial charge in [-0.1, -0.05) is 26.8 Å². The first-order valence-corrected chi connectivity index (χ1v) is 15.4. The predicted octanol–water partition coefficient (Wildman–Crippen LogP) is 1.90. The third-order valence-electron chi connectivity index (χ3n) is 9.92. The fourth-order valence-electron chi connectivity index (χ4n) is 7.91. The van der Waals surface area contributed by atoms with Crippen LogP contribution in [0.2, 0.25) is 0 Å². The van der Waals surface area contributed by atoms with E-state index in [-0.39, 0.29) is 24.2 Å². The van der Waals surface area contributed by atoms with E-state index in [0.29, 0.717) is 34.5 Å². The van der Waals surface area contributed by atoms with Crippen molar-refractivity contribution in [2.24, 2.45) is 29.4 Å². The number of carbonyl (C=O) groups excluding carboxylic acids is 5. The molecule has 11 nitrogen and oxygen atoms in total. The number of nitrogens with two attached hydrogens (primary N) is 1. The molecule has 46 heavy (non-hydrogen) atoms. The zero-order valence-corrected chi connectivity index (χ0v) is 27.6. The van der Waals surface area contributed by atoms with E-state index in [4.69, 9.17) is 10.5 Å². The summed E-state index contributed by atoms with van der Waals surface area (Å²) in [5.41, 5.74) is 5.39. The second kappa shape index (κ2) is 11.4. The minimum absolute atomic E-state index is 0.0249. The van der Waals surface area contributed by atoms with E-state index >= 15 is 0 Å². The highest BCUT2D eigenvalue weighted by Gasteiger charge is 2.69. The van der Waals surface area contributed by atoms with E-state index in [2.05, 4.69) is 0 Å². The van der Waals surface area contributed by atoms with Crippen LogP contribution in [0.25, 0.3) is 11.1 Å². The molecule has 0 aromatic heterocycles. The molecule has 6 unspecified atom stereocenters. The maximum absolute atomic E-state index is 14.5. The number of carbonyl (C=O) groups is 5. The summed E-state index contributed by atoms with van der Waals surface area (Å²) in [6, 6.07) is 6.51. The number of methoxy groups -OCH3 is 1. The van der Waals surface area contributed by atoms with Gasteiger partial charge < -0.3 is 25.6 Å². The number of amides is 1. The molecule has 0 heterocycles. The van der Waals surface area contributed by atoms with Crippen molar-refractivity contribution in [1.82, 2.24) is 9.80 Å². The minimum atomic E-state index is -2.78. The number of likely N-dealkylation sites (N-methyl/N-ethyl adjacent to an activating group) is 1. The van der Waals surface area contributed by atoms with Crippen molar-refractivity contribution >= 4 is 29.0 Å². The van der Waals surface area contributed by atoms with Crippen molar-refractivity contribution < 1.29 is 38.9 Å². The lowest BCUT2D eigenvalue weighted by atomic mass is 9.52. The van der Waals surface area contributed by atoms with Crippen LogP contribution >= 0.6 is 0 Å². The molecule has 1 amide bonds. The van der Waals surface area contributed by atoms with Gasteiger partial charge in [0, 0.05) is 23.6 Å². The largest absolute Gasteiger partial charge is 0.507 e. The second-order valence-corrected chi connectivity index (χ2v) is 14.5. The van der Waals surface area contributed by atoms with Crippen LogP contribution in [0.3, 0.4) is 0 Å². The Kier molecular flexibility index (Phi) is 8.28. The quantitative estimate of drug-likeness (QED) is 0.400. The van der Waals surface area contributed by atoms with Crippen molar-refractivity contribution in [3.8, 4) is 22.6 Å². The summed E-state index contributed by atoms with van der Waals surface area (Å²) < 4.78 is 5.77. The van der Waals surface area contributed by atoms with E-state index < -0.39 is 69.8 Å². The van der Waals surface area contributed by atoms with E-state index in [9.17, 15) is 34.2 Å². The first-order chi connectivity index (χ1) is 21.4. The van der Waals surface area contributed by atoms with Crippen LogP contribution in [0.4, 0.5) is 0 Å². The number of phenolic OH excluding ortho intramolecular Hbond substituents is 1. The number of hydrogen-bond acceptors (Lipinski definition) is 10. The second-order valence-electron chi connectivity index (χ2n) is 14.5. The Hall–Kier alpha value is -3.93. The van der Waals surface area contributed by atoms with E-state index in [0.717, 1.165) is 5.56 Å². The number of fused-ring (bicyclic) bond motifs is 3. The maximum Gasteiger partial charge on any atom is 0.235 e. The van der Waals surface area contributed by atoms with Crippen molar-refractivity contribution in [1.29, 1.82) is 0 Å². The number of aliphatic hydroxyl groups is 1. The Morgan fingerprint density at radius 3 is 2.24 bits per heavy atom. The lowest BCUT2D eigenvalue weighted by molar-refractivity contribution is -0.181. The molecular formula is C35H43N3O8. The van der Waals surface area contributed by atoms with Crippen LogP contribution in [0, 0.1) is 23.7 Å². The minimum Gasteiger partial charge on any atom is -0.507 e. The number of ketones is 4. The van der Waals surface area contributed by atoms with Gasteiger partial charge in [0.2, 0.25) is 5.91 Å². The number of rotatable bonds is 6. The predicted molar refractivity (Wildman–Crippen MR) is 169 cm³/mol. The monoisotopic (exact) mass is 633 g/mol. The smallest absolute Gasteiger partial charge is 0.235 e. The molecule has 0 aliphatic heterocycles. The summed E-state index contributed by atoms with van der Waals surface area (Å²) in [4.78, 5) is 71.7. The molecule has 0 bridgehead atoms. The summed E-state index contributed by atoms with van der Waals surface area (Å²) in [5.74, 6) is -10.2.